The number of halogens is 5. The van der Waals surface area contributed by atoms with Gasteiger partial charge in [0.05, 0.1) is 16.7 Å². The Labute approximate surface area is 241 Å². The van der Waals surface area contributed by atoms with E-state index in [0.717, 1.165) is 65.8 Å². The molecular formula is C31H29Cl2F3N2O2. The fraction of sp³-hybridized carbons (Fsp3) is 0.323. The Morgan fingerprint density at radius 3 is 2.50 bits per heavy atom. The summed E-state index contributed by atoms with van der Waals surface area (Å²) in [6.07, 6.45) is 3.78. The van der Waals surface area contributed by atoms with Crippen LogP contribution in [-0.4, -0.2) is 36.5 Å². The predicted octanol–water partition coefficient (Wildman–Crippen LogP) is 7.36. The Morgan fingerprint density at radius 1 is 1.00 bits per heavy atom. The minimum absolute atomic E-state index is 0.0128. The number of hydrogen-bond donors (Lipinski definition) is 1. The summed E-state index contributed by atoms with van der Waals surface area (Å²) in [5.74, 6) is -4.08. The van der Waals surface area contributed by atoms with Gasteiger partial charge in [-0.2, -0.15) is 4.39 Å². The van der Waals surface area contributed by atoms with Crippen LogP contribution in [0.3, 0.4) is 0 Å². The van der Waals surface area contributed by atoms with Gasteiger partial charge in [-0.25, -0.2) is 8.78 Å². The Morgan fingerprint density at radius 2 is 1.75 bits per heavy atom. The molecule has 1 N–H and O–H groups in total. The predicted molar refractivity (Wildman–Crippen MR) is 151 cm³/mol. The van der Waals surface area contributed by atoms with E-state index in [1.807, 2.05) is 41.3 Å². The maximum Gasteiger partial charge on any atom is 0.251 e. The maximum absolute atomic E-state index is 13.9. The molecule has 5 rings (SSSR count). The van der Waals surface area contributed by atoms with Gasteiger partial charge in [-0.05, 0) is 79.1 Å². The molecular weight excluding hydrogens is 560 g/mol. The second-order valence-corrected chi connectivity index (χ2v) is 10.9. The fourth-order valence-electron chi connectivity index (χ4n) is 4.95. The number of amides is 1. The molecule has 3 aromatic carbocycles. The first-order valence-corrected chi connectivity index (χ1v) is 14.1. The molecule has 1 aliphatic carbocycles. The van der Waals surface area contributed by atoms with Crippen molar-refractivity contribution in [1.82, 2.24) is 10.2 Å². The van der Waals surface area contributed by atoms with Crippen molar-refractivity contribution >= 4 is 34.7 Å². The smallest absolute Gasteiger partial charge is 0.251 e. The number of carbonyl (C=O) groups is 1. The van der Waals surface area contributed by atoms with Gasteiger partial charge >= 0.3 is 0 Å². The van der Waals surface area contributed by atoms with E-state index in [-0.39, 0.29) is 18.6 Å². The van der Waals surface area contributed by atoms with Crippen LogP contribution in [0.5, 0.6) is 5.75 Å². The zero-order chi connectivity index (χ0) is 28.2. The standard InChI is InChI=1S/C31H29Cl2F3N2O2/c32-25-5-1-4-21(28(25)33)18-38(22-10-11-22)31(39)24-17-37-15-14-23(24)20-8-6-19(7-9-20)3-2-16-40-30-27(35)13-12-26(34)29(30)36/h1,4-9,12-13,22,37H,2-3,10-11,14-18H2. The second-order valence-electron chi connectivity index (χ2n) is 10.1. The van der Waals surface area contributed by atoms with E-state index in [9.17, 15) is 18.0 Å². The monoisotopic (exact) mass is 588 g/mol. The number of rotatable bonds is 10. The highest BCUT2D eigenvalue weighted by atomic mass is 35.5. The summed E-state index contributed by atoms with van der Waals surface area (Å²) >= 11 is 12.7. The van der Waals surface area contributed by atoms with Gasteiger partial charge in [0, 0.05) is 24.7 Å². The minimum Gasteiger partial charge on any atom is -0.488 e. The Bertz CT molecular complexity index is 1420. The van der Waals surface area contributed by atoms with Gasteiger partial charge in [-0.3, -0.25) is 4.79 Å². The first-order valence-electron chi connectivity index (χ1n) is 13.4. The number of ether oxygens (including phenoxy) is 1. The van der Waals surface area contributed by atoms with Crippen LogP contribution in [0.1, 0.15) is 42.4 Å². The molecule has 0 radical (unpaired) electrons. The molecule has 40 heavy (non-hydrogen) atoms. The average Bonchev–Trinajstić information content (AvgIpc) is 3.81. The van der Waals surface area contributed by atoms with Gasteiger partial charge in [-0.15, -0.1) is 0 Å². The van der Waals surface area contributed by atoms with Crippen LogP contribution in [-0.2, 0) is 17.8 Å². The molecule has 1 heterocycles. The van der Waals surface area contributed by atoms with Crippen molar-refractivity contribution in [3.8, 4) is 5.75 Å². The summed E-state index contributed by atoms with van der Waals surface area (Å²) in [4.78, 5) is 15.8. The lowest BCUT2D eigenvalue weighted by Gasteiger charge is -2.28. The lowest BCUT2D eigenvalue weighted by atomic mass is 9.92. The highest BCUT2D eigenvalue weighted by Gasteiger charge is 2.35. The summed E-state index contributed by atoms with van der Waals surface area (Å²) in [7, 11) is 0. The van der Waals surface area contributed by atoms with E-state index in [4.69, 9.17) is 27.9 Å². The molecule has 1 amide bonds. The van der Waals surface area contributed by atoms with Crippen molar-refractivity contribution in [2.45, 2.75) is 44.7 Å². The molecule has 9 heteroatoms. The van der Waals surface area contributed by atoms with Crippen LogP contribution in [0.4, 0.5) is 13.2 Å². The molecule has 1 fully saturated rings. The van der Waals surface area contributed by atoms with E-state index in [1.165, 1.54) is 0 Å². The van der Waals surface area contributed by atoms with E-state index < -0.39 is 23.2 Å². The largest absolute Gasteiger partial charge is 0.488 e. The zero-order valence-electron chi connectivity index (χ0n) is 21.8. The molecule has 0 unspecified atom stereocenters. The summed E-state index contributed by atoms with van der Waals surface area (Å²) in [5.41, 5.74) is 4.63. The Hall–Kier alpha value is -3.00. The van der Waals surface area contributed by atoms with Gasteiger partial charge in [0.25, 0.3) is 5.91 Å². The third kappa shape index (κ3) is 6.48. The van der Waals surface area contributed by atoms with Crippen LogP contribution in [0, 0.1) is 17.5 Å². The zero-order valence-corrected chi connectivity index (χ0v) is 23.3. The van der Waals surface area contributed by atoms with Gasteiger partial charge in [-0.1, -0.05) is 59.6 Å². The van der Waals surface area contributed by atoms with Crippen molar-refractivity contribution < 1.29 is 22.7 Å². The van der Waals surface area contributed by atoms with Crippen molar-refractivity contribution in [3.63, 3.8) is 0 Å². The topological polar surface area (TPSA) is 41.6 Å². The molecule has 3 aromatic rings. The van der Waals surface area contributed by atoms with Crippen molar-refractivity contribution in [2.75, 3.05) is 19.7 Å². The van der Waals surface area contributed by atoms with Crippen LogP contribution in [0.15, 0.2) is 60.2 Å². The number of carbonyl (C=O) groups excluding carboxylic acids is 1. The van der Waals surface area contributed by atoms with Crippen LogP contribution < -0.4 is 10.1 Å². The van der Waals surface area contributed by atoms with E-state index >= 15 is 0 Å². The first kappa shape index (κ1) is 28.5. The highest BCUT2D eigenvalue weighted by Crippen LogP contribution is 2.35. The quantitative estimate of drug-likeness (QED) is 0.199. The number of benzene rings is 3. The maximum atomic E-state index is 13.9. The molecule has 0 saturated heterocycles. The lowest BCUT2D eigenvalue weighted by molar-refractivity contribution is -0.128. The SMILES string of the molecule is O=C(C1=C(c2ccc(CCCOc3c(F)ccc(F)c3F)cc2)CCNC1)N(Cc1cccc(Cl)c1Cl)C1CC1. The van der Waals surface area contributed by atoms with Crippen molar-refractivity contribution in [2.24, 2.45) is 0 Å². The van der Waals surface area contributed by atoms with E-state index in [0.29, 0.717) is 36.0 Å². The summed E-state index contributed by atoms with van der Waals surface area (Å²) in [6.45, 7) is 1.72. The highest BCUT2D eigenvalue weighted by molar-refractivity contribution is 6.42. The fourth-order valence-corrected chi connectivity index (χ4v) is 5.33. The van der Waals surface area contributed by atoms with Gasteiger partial charge in [0.1, 0.15) is 0 Å². The van der Waals surface area contributed by atoms with Crippen LogP contribution >= 0.6 is 23.2 Å². The third-order valence-corrected chi connectivity index (χ3v) is 8.12. The molecule has 0 atom stereocenters. The molecule has 1 aliphatic heterocycles. The molecule has 1 saturated carbocycles. The summed E-state index contributed by atoms with van der Waals surface area (Å²) < 4.78 is 46.1. The average molecular weight is 589 g/mol. The van der Waals surface area contributed by atoms with Crippen LogP contribution in [0.2, 0.25) is 10.0 Å². The Balaban J connectivity index is 1.26. The second kappa shape index (κ2) is 12.7. The summed E-state index contributed by atoms with van der Waals surface area (Å²) in [5, 5.41) is 4.29. The normalized spacial score (nSPS) is 15.3. The molecule has 4 nitrogen and oxygen atoms in total. The molecule has 0 spiro atoms. The molecule has 2 aliphatic rings. The first-order chi connectivity index (χ1) is 19.3. The lowest BCUT2D eigenvalue weighted by Crippen LogP contribution is -2.39. The molecule has 0 bridgehead atoms. The van der Waals surface area contributed by atoms with Crippen molar-refractivity contribution in [1.29, 1.82) is 0 Å². The van der Waals surface area contributed by atoms with E-state index in [2.05, 4.69) is 5.32 Å². The molecule has 0 aromatic heterocycles. The van der Waals surface area contributed by atoms with Crippen LogP contribution in [0.25, 0.3) is 5.57 Å². The summed E-state index contributed by atoms with van der Waals surface area (Å²) in [6, 6.07) is 15.2. The number of aryl methyl sites for hydroxylation is 1. The van der Waals surface area contributed by atoms with Gasteiger partial charge in [0.15, 0.2) is 17.4 Å². The van der Waals surface area contributed by atoms with Crippen molar-refractivity contribution in [3.05, 3.63) is 104 Å². The van der Waals surface area contributed by atoms with Gasteiger partial charge in [0.2, 0.25) is 5.82 Å². The molecule has 210 valence electrons. The van der Waals surface area contributed by atoms with Gasteiger partial charge < -0.3 is 15.0 Å². The number of nitrogens with zero attached hydrogens (tertiary/aromatic N) is 1. The minimum atomic E-state index is -1.32. The number of nitrogens with one attached hydrogen (secondary N) is 1. The van der Waals surface area contributed by atoms with E-state index in [1.54, 1.807) is 6.07 Å². The Kier molecular flexibility index (Phi) is 9.03. The third-order valence-electron chi connectivity index (χ3n) is 7.26. The number of hydrogen-bond acceptors (Lipinski definition) is 3.